The Bertz CT molecular complexity index is 1080. The highest BCUT2D eigenvalue weighted by atomic mass is 19.4. The first kappa shape index (κ1) is 20.9. The van der Waals surface area contributed by atoms with Gasteiger partial charge in [-0.15, -0.1) is 0 Å². The predicted molar refractivity (Wildman–Crippen MR) is 110 cm³/mol. The number of hydrogen-bond donors (Lipinski definition) is 1. The first-order valence-electron chi connectivity index (χ1n) is 9.84. The standard InChI is InChI=1S/C24H20F4N2O/c1-15-14-17-4-2-3-5-21(17)22(16-6-8-18(9-7-16)24(26,27)28)30(15)23(31)29-20-12-10-19(25)11-13-20/h2-13,15,22H,14H2,1H3,(H,29,31)/t15-,22+/m0/s1. The molecule has 1 N–H and O–H groups in total. The molecule has 31 heavy (non-hydrogen) atoms. The van der Waals surface area contributed by atoms with Crippen LogP contribution < -0.4 is 5.32 Å². The summed E-state index contributed by atoms with van der Waals surface area (Å²) in [5, 5.41) is 2.78. The Morgan fingerprint density at radius 1 is 0.968 bits per heavy atom. The summed E-state index contributed by atoms with van der Waals surface area (Å²) in [5.74, 6) is -0.416. The van der Waals surface area contributed by atoms with Gasteiger partial charge in [0, 0.05) is 11.7 Å². The van der Waals surface area contributed by atoms with E-state index in [-0.39, 0.29) is 6.04 Å². The third kappa shape index (κ3) is 4.26. The van der Waals surface area contributed by atoms with Crippen molar-refractivity contribution in [2.75, 3.05) is 5.32 Å². The monoisotopic (exact) mass is 428 g/mol. The van der Waals surface area contributed by atoms with Gasteiger partial charge in [0.25, 0.3) is 0 Å². The lowest BCUT2D eigenvalue weighted by molar-refractivity contribution is -0.137. The molecule has 0 saturated carbocycles. The maximum absolute atomic E-state index is 13.2. The van der Waals surface area contributed by atoms with Crippen molar-refractivity contribution in [3.05, 3.63) is 101 Å². The second-order valence-corrected chi connectivity index (χ2v) is 7.62. The maximum Gasteiger partial charge on any atom is 0.416 e. The Balaban J connectivity index is 1.73. The van der Waals surface area contributed by atoms with Crippen LogP contribution in [0.4, 0.5) is 28.0 Å². The van der Waals surface area contributed by atoms with E-state index in [9.17, 15) is 22.4 Å². The van der Waals surface area contributed by atoms with Crippen LogP contribution in [0.2, 0.25) is 0 Å². The van der Waals surface area contributed by atoms with Gasteiger partial charge in [-0.05, 0) is 66.4 Å². The van der Waals surface area contributed by atoms with E-state index in [0.717, 1.165) is 23.3 Å². The summed E-state index contributed by atoms with van der Waals surface area (Å²) in [4.78, 5) is 14.9. The van der Waals surface area contributed by atoms with Gasteiger partial charge >= 0.3 is 12.2 Å². The highest BCUT2D eigenvalue weighted by Crippen LogP contribution is 2.39. The minimum Gasteiger partial charge on any atom is -0.310 e. The zero-order chi connectivity index (χ0) is 22.2. The number of fused-ring (bicyclic) bond motifs is 1. The van der Waals surface area contributed by atoms with Crippen LogP contribution in [0.1, 0.15) is 35.2 Å². The lowest BCUT2D eigenvalue weighted by atomic mass is 9.85. The number of carbonyl (C=O) groups excluding carboxylic acids is 1. The van der Waals surface area contributed by atoms with Crippen LogP contribution in [0.25, 0.3) is 0 Å². The Hall–Kier alpha value is -3.35. The molecule has 3 aromatic rings. The smallest absolute Gasteiger partial charge is 0.310 e. The molecule has 0 aliphatic carbocycles. The molecular formula is C24H20F4N2O. The summed E-state index contributed by atoms with van der Waals surface area (Å²) in [6.07, 6.45) is -3.82. The average Bonchev–Trinajstić information content (AvgIpc) is 2.74. The summed E-state index contributed by atoms with van der Waals surface area (Å²) in [6.45, 7) is 1.90. The molecule has 1 aliphatic heterocycles. The Kier molecular flexibility index (Phi) is 5.43. The number of hydrogen-bond acceptors (Lipinski definition) is 1. The van der Waals surface area contributed by atoms with Crippen LogP contribution in [0.3, 0.4) is 0 Å². The maximum atomic E-state index is 13.2. The molecule has 7 heteroatoms. The van der Waals surface area contributed by atoms with E-state index in [4.69, 9.17) is 0 Å². The Morgan fingerprint density at radius 2 is 1.61 bits per heavy atom. The molecule has 4 rings (SSSR count). The molecule has 2 atom stereocenters. The molecule has 0 bridgehead atoms. The fourth-order valence-electron chi connectivity index (χ4n) is 4.04. The molecule has 0 spiro atoms. The summed E-state index contributed by atoms with van der Waals surface area (Å²) in [6, 6.07) is 16.8. The number of anilines is 1. The molecule has 0 radical (unpaired) electrons. The molecule has 1 aliphatic rings. The van der Waals surface area contributed by atoms with E-state index < -0.39 is 29.6 Å². The van der Waals surface area contributed by atoms with Gasteiger partial charge in [-0.3, -0.25) is 0 Å². The van der Waals surface area contributed by atoms with Crippen LogP contribution in [0, 0.1) is 5.82 Å². The number of nitrogens with zero attached hydrogens (tertiary/aromatic N) is 1. The van der Waals surface area contributed by atoms with Crippen molar-refractivity contribution >= 4 is 11.7 Å². The Labute approximate surface area is 177 Å². The normalized spacial score (nSPS) is 18.4. The van der Waals surface area contributed by atoms with Gasteiger partial charge in [-0.2, -0.15) is 13.2 Å². The van der Waals surface area contributed by atoms with Gasteiger partial charge in [0.2, 0.25) is 0 Å². The van der Waals surface area contributed by atoms with Gasteiger partial charge in [-0.25, -0.2) is 9.18 Å². The summed E-state index contributed by atoms with van der Waals surface area (Å²) < 4.78 is 52.3. The van der Waals surface area contributed by atoms with Crippen molar-refractivity contribution in [1.82, 2.24) is 4.90 Å². The van der Waals surface area contributed by atoms with Gasteiger partial charge in [-0.1, -0.05) is 36.4 Å². The molecule has 0 aromatic heterocycles. The molecule has 160 valence electrons. The highest BCUT2D eigenvalue weighted by Gasteiger charge is 2.37. The van der Waals surface area contributed by atoms with Crippen LogP contribution in [0.5, 0.6) is 0 Å². The quantitative estimate of drug-likeness (QED) is 0.470. The van der Waals surface area contributed by atoms with Crippen LogP contribution >= 0.6 is 0 Å². The third-order valence-corrected chi connectivity index (χ3v) is 5.50. The first-order valence-corrected chi connectivity index (χ1v) is 9.84. The number of amides is 2. The van der Waals surface area contributed by atoms with E-state index in [2.05, 4.69) is 5.32 Å². The van der Waals surface area contributed by atoms with E-state index in [1.54, 1.807) is 4.90 Å². The summed E-state index contributed by atoms with van der Waals surface area (Å²) in [5.41, 5.74) is 2.20. The van der Waals surface area contributed by atoms with E-state index in [0.29, 0.717) is 17.7 Å². The third-order valence-electron chi connectivity index (χ3n) is 5.50. The minimum absolute atomic E-state index is 0.206. The van der Waals surface area contributed by atoms with Gasteiger partial charge in [0.1, 0.15) is 5.82 Å². The van der Waals surface area contributed by atoms with Crippen molar-refractivity contribution in [3.8, 4) is 0 Å². The molecule has 0 unspecified atom stereocenters. The summed E-state index contributed by atoms with van der Waals surface area (Å²) >= 11 is 0. The van der Waals surface area contributed by atoms with Gasteiger partial charge < -0.3 is 10.2 Å². The highest BCUT2D eigenvalue weighted by molar-refractivity contribution is 5.90. The van der Waals surface area contributed by atoms with Crippen molar-refractivity contribution in [2.24, 2.45) is 0 Å². The number of alkyl halides is 3. The molecule has 3 nitrogen and oxygen atoms in total. The van der Waals surface area contributed by atoms with Crippen molar-refractivity contribution in [2.45, 2.75) is 31.6 Å². The fraction of sp³-hybridized carbons (Fsp3) is 0.208. The number of urea groups is 1. The van der Waals surface area contributed by atoms with Crippen molar-refractivity contribution in [3.63, 3.8) is 0 Å². The van der Waals surface area contributed by atoms with Gasteiger partial charge in [0.05, 0.1) is 11.6 Å². The largest absolute Gasteiger partial charge is 0.416 e. The molecular weight excluding hydrogens is 408 g/mol. The van der Waals surface area contributed by atoms with E-state index in [1.165, 1.54) is 36.4 Å². The Morgan fingerprint density at radius 3 is 2.26 bits per heavy atom. The topological polar surface area (TPSA) is 32.3 Å². The summed E-state index contributed by atoms with van der Waals surface area (Å²) in [7, 11) is 0. The predicted octanol–water partition coefficient (Wildman–Crippen LogP) is 6.41. The molecule has 0 saturated heterocycles. The van der Waals surface area contributed by atoms with Crippen molar-refractivity contribution < 1.29 is 22.4 Å². The van der Waals surface area contributed by atoms with Crippen molar-refractivity contribution in [1.29, 1.82) is 0 Å². The molecule has 3 aromatic carbocycles. The van der Waals surface area contributed by atoms with E-state index in [1.807, 2.05) is 31.2 Å². The lowest BCUT2D eigenvalue weighted by Crippen LogP contribution is -2.48. The zero-order valence-corrected chi connectivity index (χ0v) is 16.7. The number of carbonyl (C=O) groups is 1. The number of halogens is 4. The average molecular weight is 428 g/mol. The zero-order valence-electron chi connectivity index (χ0n) is 16.7. The van der Waals surface area contributed by atoms with E-state index >= 15 is 0 Å². The lowest BCUT2D eigenvalue weighted by Gasteiger charge is -2.42. The minimum atomic E-state index is -4.43. The molecule has 0 fully saturated rings. The van der Waals surface area contributed by atoms with Crippen LogP contribution in [0.15, 0.2) is 72.8 Å². The number of benzene rings is 3. The second-order valence-electron chi connectivity index (χ2n) is 7.62. The van der Waals surface area contributed by atoms with Crippen LogP contribution in [-0.2, 0) is 12.6 Å². The molecule has 1 heterocycles. The number of rotatable bonds is 2. The second kappa shape index (κ2) is 8.06. The SMILES string of the molecule is C[C@H]1Cc2ccccc2[C@@H](c2ccc(C(F)(F)F)cc2)N1C(=O)Nc1ccc(F)cc1. The fourth-order valence-corrected chi connectivity index (χ4v) is 4.04. The number of nitrogens with one attached hydrogen (secondary N) is 1. The first-order chi connectivity index (χ1) is 14.7. The van der Waals surface area contributed by atoms with Gasteiger partial charge in [0.15, 0.2) is 0 Å². The molecule has 2 amide bonds. The van der Waals surface area contributed by atoms with Crippen LogP contribution in [-0.4, -0.2) is 17.0 Å².